The average molecular weight is 362 g/mol. The van der Waals surface area contributed by atoms with Crippen LogP contribution in [-0.2, 0) is 6.54 Å². The molecule has 1 aromatic heterocycles. The standard InChI is InChI=1S/C19H20F2N2OS/c20-15-2-1-14(9-16(15)21)18(24)23(11-13-3-8-25-12-13)17-10-19(17)4-6-22-7-5-19/h1-3,8-9,12,17,22H,4-7,10-11H2/t17-/m0/s1. The van der Waals surface area contributed by atoms with Crippen LogP contribution in [0.25, 0.3) is 0 Å². The quantitative estimate of drug-likeness (QED) is 0.897. The molecule has 1 aliphatic heterocycles. The predicted octanol–water partition coefficient (Wildman–Crippen LogP) is 3.81. The van der Waals surface area contributed by atoms with E-state index in [9.17, 15) is 13.6 Å². The number of hydrogen-bond donors (Lipinski definition) is 1. The van der Waals surface area contributed by atoms with Gasteiger partial charge in [0.1, 0.15) is 0 Å². The number of rotatable bonds is 4. The Morgan fingerprint density at radius 2 is 2.04 bits per heavy atom. The highest BCUT2D eigenvalue weighted by atomic mass is 32.1. The summed E-state index contributed by atoms with van der Waals surface area (Å²) in [6.07, 6.45) is 3.11. The Hall–Kier alpha value is -1.79. The molecule has 2 aromatic rings. The van der Waals surface area contributed by atoms with Crippen LogP contribution in [0.3, 0.4) is 0 Å². The van der Waals surface area contributed by atoms with Crippen LogP contribution < -0.4 is 5.32 Å². The molecule has 1 N–H and O–H groups in total. The van der Waals surface area contributed by atoms with Crippen molar-refractivity contribution in [2.45, 2.75) is 31.8 Å². The van der Waals surface area contributed by atoms with E-state index in [1.165, 1.54) is 6.07 Å². The smallest absolute Gasteiger partial charge is 0.254 e. The van der Waals surface area contributed by atoms with Gasteiger partial charge in [0.25, 0.3) is 5.91 Å². The van der Waals surface area contributed by atoms with Crippen molar-refractivity contribution < 1.29 is 13.6 Å². The van der Waals surface area contributed by atoms with Crippen LogP contribution in [0.4, 0.5) is 8.78 Å². The maximum absolute atomic E-state index is 13.6. The Morgan fingerprint density at radius 3 is 2.72 bits per heavy atom. The molecule has 1 aliphatic carbocycles. The largest absolute Gasteiger partial charge is 0.331 e. The normalized spacial score (nSPS) is 21.3. The number of carbonyl (C=O) groups excluding carboxylic acids is 1. The minimum Gasteiger partial charge on any atom is -0.331 e. The summed E-state index contributed by atoms with van der Waals surface area (Å²) in [7, 11) is 0. The first-order chi connectivity index (χ1) is 12.1. The van der Waals surface area contributed by atoms with Crippen molar-refractivity contribution in [2.24, 2.45) is 5.41 Å². The molecule has 3 nitrogen and oxygen atoms in total. The zero-order chi connectivity index (χ0) is 17.4. The van der Waals surface area contributed by atoms with E-state index < -0.39 is 11.6 Å². The molecule has 1 amide bonds. The van der Waals surface area contributed by atoms with Crippen molar-refractivity contribution in [3.63, 3.8) is 0 Å². The van der Waals surface area contributed by atoms with Gasteiger partial charge in [-0.3, -0.25) is 4.79 Å². The molecule has 0 radical (unpaired) electrons. The zero-order valence-electron chi connectivity index (χ0n) is 13.8. The summed E-state index contributed by atoms with van der Waals surface area (Å²) in [5, 5.41) is 7.39. The lowest BCUT2D eigenvalue weighted by molar-refractivity contribution is 0.0692. The van der Waals surface area contributed by atoms with Gasteiger partial charge >= 0.3 is 0 Å². The van der Waals surface area contributed by atoms with Crippen molar-refractivity contribution >= 4 is 17.2 Å². The van der Waals surface area contributed by atoms with E-state index in [1.807, 2.05) is 21.7 Å². The average Bonchev–Trinajstić information content (AvgIpc) is 3.06. The third-order valence-electron chi connectivity index (χ3n) is 5.48. The second kappa shape index (κ2) is 6.50. The van der Waals surface area contributed by atoms with Gasteiger partial charge in [-0.25, -0.2) is 8.78 Å². The molecule has 132 valence electrons. The van der Waals surface area contributed by atoms with Crippen molar-refractivity contribution in [3.05, 3.63) is 57.8 Å². The number of nitrogens with zero attached hydrogens (tertiary/aromatic N) is 1. The van der Waals surface area contributed by atoms with Crippen molar-refractivity contribution in [1.82, 2.24) is 10.2 Å². The van der Waals surface area contributed by atoms with Crippen LogP contribution >= 0.6 is 11.3 Å². The van der Waals surface area contributed by atoms with Gasteiger partial charge in [0.2, 0.25) is 0 Å². The molecule has 1 saturated heterocycles. The number of hydrogen-bond acceptors (Lipinski definition) is 3. The Labute approximate surface area is 149 Å². The Bertz CT molecular complexity index is 772. The van der Waals surface area contributed by atoms with Crippen molar-refractivity contribution in [1.29, 1.82) is 0 Å². The molecule has 6 heteroatoms. The lowest BCUT2D eigenvalue weighted by Crippen LogP contribution is -2.39. The number of benzene rings is 1. The van der Waals surface area contributed by atoms with E-state index in [0.29, 0.717) is 6.54 Å². The van der Waals surface area contributed by atoms with Gasteiger partial charge in [0.15, 0.2) is 11.6 Å². The van der Waals surface area contributed by atoms with E-state index >= 15 is 0 Å². The van der Waals surface area contributed by atoms with Crippen LogP contribution in [0.15, 0.2) is 35.0 Å². The topological polar surface area (TPSA) is 32.3 Å². The fraction of sp³-hybridized carbons (Fsp3) is 0.421. The van der Waals surface area contributed by atoms with E-state index in [2.05, 4.69) is 5.32 Å². The first-order valence-electron chi connectivity index (χ1n) is 8.57. The number of halogens is 2. The van der Waals surface area contributed by atoms with E-state index in [0.717, 1.165) is 50.0 Å². The highest BCUT2D eigenvalue weighted by Gasteiger charge is 2.57. The molecule has 2 heterocycles. The van der Waals surface area contributed by atoms with Gasteiger partial charge in [-0.15, -0.1) is 0 Å². The Morgan fingerprint density at radius 1 is 1.24 bits per heavy atom. The monoisotopic (exact) mass is 362 g/mol. The molecule has 2 fully saturated rings. The summed E-state index contributed by atoms with van der Waals surface area (Å²) in [4.78, 5) is 14.9. The van der Waals surface area contributed by atoms with Gasteiger partial charge in [0.05, 0.1) is 0 Å². The number of carbonyl (C=O) groups is 1. The summed E-state index contributed by atoms with van der Waals surface area (Å²) >= 11 is 1.60. The lowest BCUT2D eigenvalue weighted by atomic mass is 9.93. The number of amides is 1. The zero-order valence-corrected chi connectivity index (χ0v) is 14.6. The third kappa shape index (κ3) is 3.20. The Kier molecular flexibility index (Phi) is 4.33. The molecule has 1 aromatic carbocycles. The number of nitrogens with one attached hydrogen (secondary N) is 1. The molecule has 25 heavy (non-hydrogen) atoms. The minimum atomic E-state index is -0.978. The molecule has 1 saturated carbocycles. The van der Waals surface area contributed by atoms with Crippen molar-refractivity contribution in [3.8, 4) is 0 Å². The molecular formula is C19H20F2N2OS. The molecule has 1 atom stereocenters. The summed E-state index contributed by atoms with van der Waals surface area (Å²) in [5.41, 5.74) is 1.48. The molecule has 4 rings (SSSR count). The molecule has 0 unspecified atom stereocenters. The summed E-state index contributed by atoms with van der Waals surface area (Å²) in [6.45, 7) is 2.46. The minimum absolute atomic E-state index is 0.176. The SMILES string of the molecule is O=C(c1ccc(F)c(F)c1)N(Cc1ccsc1)[C@H]1CC12CCNCC2. The van der Waals surface area contributed by atoms with Crippen LogP contribution in [0.5, 0.6) is 0 Å². The maximum Gasteiger partial charge on any atom is 0.254 e. The maximum atomic E-state index is 13.6. The predicted molar refractivity (Wildman–Crippen MR) is 93.5 cm³/mol. The van der Waals surface area contributed by atoms with Crippen molar-refractivity contribution in [2.75, 3.05) is 13.1 Å². The fourth-order valence-corrected chi connectivity index (χ4v) is 4.59. The highest BCUT2D eigenvalue weighted by molar-refractivity contribution is 7.07. The highest BCUT2D eigenvalue weighted by Crippen LogP contribution is 2.56. The van der Waals surface area contributed by atoms with E-state index in [4.69, 9.17) is 0 Å². The summed E-state index contributed by atoms with van der Waals surface area (Å²) < 4.78 is 26.8. The Balaban J connectivity index is 1.61. The van der Waals surface area contributed by atoms with E-state index in [1.54, 1.807) is 11.3 Å². The first-order valence-corrected chi connectivity index (χ1v) is 9.51. The lowest BCUT2D eigenvalue weighted by Gasteiger charge is -2.29. The molecule has 0 bridgehead atoms. The third-order valence-corrected chi connectivity index (χ3v) is 6.21. The fourth-order valence-electron chi connectivity index (χ4n) is 3.93. The van der Waals surface area contributed by atoms with Crippen LogP contribution in [-0.4, -0.2) is 29.9 Å². The molecular weight excluding hydrogens is 342 g/mol. The first kappa shape index (κ1) is 16.7. The number of thiophene rings is 1. The van der Waals surface area contributed by atoms with Gasteiger partial charge in [-0.05, 0) is 78.4 Å². The van der Waals surface area contributed by atoms with Gasteiger partial charge in [-0.1, -0.05) is 0 Å². The van der Waals surface area contributed by atoms with Gasteiger partial charge in [0, 0.05) is 18.2 Å². The van der Waals surface area contributed by atoms with E-state index in [-0.39, 0.29) is 22.9 Å². The second-order valence-electron chi connectivity index (χ2n) is 7.03. The molecule has 2 aliphatic rings. The van der Waals surface area contributed by atoms with Crippen LogP contribution in [0.2, 0.25) is 0 Å². The van der Waals surface area contributed by atoms with Crippen LogP contribution in [0, 0.1) is 17.0 Å². The second-order valence-corrected chi connectivity index (χ2v) is 7.81. The van der Waals surface area contributed by atoms with Gasteiger partial charge < -0.3 is 10.2 Å². The summed E-state index contributed by atoms with van der Waals surface area (Å²) in [5.74, 6) is -2.12. The number of piperidine rings is 1. The molecule has 1 spiro atoms. The van der Waals surface area contributed by atoms with Crippen LogP contribution in [0.1, 0.15) is 35.2 Å². The van der Waals surface area contributed by atoms with Gasteiger partial charge in [-0.2, -0.15) is 11.3 Å². The summed E-state index contributed by atoms with van der Waals surface area (Å²) in [6, 6.07) is 5.59.